The van der Waals surface area contributed by atoms with Crippen LogP contribution in [0.25, 0.3) is 15.7 Å². The maximum absolute atomic E-state index is 12.6. The summed E-state index contributed by atoms with van der Waals surface area (Å²) in [6, 6.07) is 5.90. The van der Waals surface area contributed by atoms with Crippen LogP contribution in [0, 0.1) is 0 Å². The molecule has 26 heavy (non-hydrogen) atoms. The van der Waals surface area contributed by atoms with Gasteiger partial charge < -0.3 is 4.74 Å². The van der Waals surface area contributed by atoms with Crippen LogP contribution in [0.4, 0.5) is 13.2 Å². The zero-order valence-electron chi connectivity index (χ0n) is 12.7. The minimum absolute atomic E-state index is 0.0841. The molecule has 0 fully saturated rings. The third kappa shape index (κ3) is 3.29. The lowest BCUT2D eigenvalue weighted by Crippen LogP contribution is -2.18. The summed E-state index contributed by atoms with van der Waals surface area (Å²) in [7, 11) is 0. The van der Waals surface area contributed by atoms with Crippen LogP contribution in [0.1, 0.15) is 11.4 Å². The highest BCUT2D eigenvalue weighted by atomic mass is 79.9. The van der Waals surface area contributed by atoms with Crippen LogP contribution < -0.4 is 4.74 Å². The molecule has 4 aromatic rings. The molecule has 0 bridgehead atoms. The van der Waals surface area contributed by atoms with Crippen molar-refractivity contribution in [3.8, 4) is 16.5 Å². The first kappa shape index (κ1) is 17.0. The number of alkyl halides is 3. The van der Waals surface area contributed by atoms with E-state index in [1.54, 1.807) is 18.3 Å². The first-order chi connectivity index (χ1) is 12.4. The number of halogens is 4. The number of benzene rings is 1. The van der Waals surface area contributed by atoms with Gasteiger partial charge in [-0.2, -0.15) is 14.7 Å². The molecule has 0 unspecified atom stereocenters. The Bertz CT molecular complexity index is 1070. The van der Waals surface area contributed by atoms with Gasteiger partial charge in [0.2, 0.25) is 4.96 Å². The number of nitrogens with one attached hydrogen (secondary N) is 1. The number of hydrogen-bond donors (Lipinski definition) is 1. The van der Waals surface area contributed by atoms with E-state index in [9.17, 15) is 13.2 Å². The highest BCUT2D eigenvalue weighted by molar-refractivity contribution is 9.10. The van der Waals surface area contributed by atoms with E-state index in [4.69, 9.17) is 0 Å². The molecule has 7 nitrogen and oxygen atoms in total. The van der Waals surface area contributed by atoms with Gasteiger partial charge in [-0.3, -0.25) is 5.10 Å². The minimum Gasteiger partial charge on any atom is -0.405 e. The molecule has 0 spiro atoms. The van der Waals surface area contributed by atoms with Crippen LogP contribution in [-0.4, -0.2) is 36.4 Å². The first-order valence-corrected chi connectivity index (χ1v) is 8.75. The number of ether oxygens (including phenoxy) is 1. The summed E-state index contributed by atoms with van der Waals surface area (Å²) in [5, 5.41) is 19.8. The van der Waals surface area contributed by atoms with Crippen LogP contribution in [-0.2, 0) is 6.42 Å². The standard InChI is InChI=1S/C14H8BrF3N6OS/c15-8-6-19-21-11(8)12-23-24-10(20-22-13(24)26-12)5-7-3-1-2-4-9(7)25-14(16,17)18/h1-4,6H,5H2,(H,19,21). The zero-order chi connectivity index (χ0) is 18.3. The van der Waals surface area contributed by atoms with Gasteiger partial charge in [0.1, 0.15) is 11.4 Å². The fourth-order valence-electron chi connectivity index (χ4n) is 2.33. The SMILES string of the molecule is FC(F)(F)Oc1ccccc1Cc1nnc2sc(-c3[nH]ncc3Br)nn12. The highest BCUT2D eigenvalue weighted by Gasteiger charge is 2.32. The van der Waals surface area contributed by atoms with Crippen LogP contribution in [0.3, 0.4) is 0 Å². The summed E-state index contributed by atoms with van der Waals surface area (Å²) >= 11 is 4.64. The van der Waals surface area contributed by atoms with Crippen molar-refractivity contribution in [3.63, 3.8) is 0 Å². The van der Waals surface area contributed by atoms with Crippen LogP contribution in [0.5, 0.6) is 5.75 Å². The molecule has 0 radical (unpaired) electrons. The van der Waals surface area contributed by atoms with Crippen molar-refractivity contribution in [2.45, 2.75) is 12.8 Å². The normalized spacial score (nSPS) is 12.0. The third-order valence-corrected chi connectivity index (χ3v) is 4.93. The number of rotatable bonds is 4. The number of H-pyrrole nitrogens is 1. The van der Waals surface area contributed by atoms with Crippen molar-refractivity contribution in [2.24, 2.45) is 0 Å². The quantitative estimate of drug-likeness (QED) is 0.517. The van der Waals surface area contributed by atoms with E-state index in [0.29, 0.717) is 27.1 Å². The summed E-state index contributed by atoms with van der Waals surface area (Å²) in [6.07, 6.45) is -3.08. The van der Waals surface area contributed by atoms with Crippen molar-refractivity contribution in [1.29, 1.82) is 0 Å². The highest BCUT2D eigenvalue weighted by Crippen LogP contribution is 2.31. The third-order valence-electron chi connectivity index (χ3n) is 3.41. The zero-order valence-corrected chi connectivity index (χ0v) is 15.1. The van der Waals surface area contributed by atoms with Gasteiger partial charge in [0.25, 0.3) is 0 Å². The smallest absolute Gasteiger partial charge is 0.405 e. The number of hydrogen-bond acceptors (Lipinski definition) is 6. The largest absolute Gasteiger partial charge is 0.573 e. The Morgan fingerprint density at radius 1 is 1.23 bits per heavy atom. The molecule has 4 rings (SSSR count). The van der Waals surface area contributed by atoms with Crippen molar-refractivity contribution >= 4 is 32.2 Å². The molecule has 0 saturated heterocycles. The monoisotopic (exact) mass is 444 g/mol. The summed E-state index contributed by atoms with van der Waals surface area (Å²) < 4.78 is 44.0. The first-order valence-electron chi connectivity index (χ1n) is 7.15. The lowest BCUT2D eigenvalue weighted by Gasteiger charge is -2.12. The van der Waals surface area contributed by atoms with Crippen molar-refractivity contribution in [3.05, 3.63) is 46.3 Å². The summed E-state index contributed by atoms with van der Waals surface area (Å²) in [5.74, 6) is 0.125. The van der Waals surface area contributed by atoms with Gasteiger partial charge in [0, 0.05) is 12.0 Å². The lowest BCUT2D eigenvalue weighted by atomic mass is 10.1. The number of nitrogens with zero attached hydrogens (tertiary/aromatic N) is 5. The second-order valence-corrected chi connectivity index (χ2v) is 6.95. The fourth-order valence-corrected chi connectivity index (χ4v) is 3.71. The van der Waals surface area contributed by atoms with Gasteiger partial charge >= 0.3 is 6.36 Å². The lowest BCUT2D eigenvalue weighted by molar-refractivity contribution is -0.274. The molecule has 134 valence electrons. The van der Waals surface area contributed by atoms with E-state index in [1.807, 2.05) is 0 Å². The van der Waals surface area contributed by atoms with Gasteiger partial charge in [-0.15, -0.1) is 23.4 Å². The van der Waals surface area contributed by atoms with Crippen LogP contribution in [0.15, 0.2) is 34.9 Å². The second kappa shape index (κ2) is 6.36. The Labute approximate surface area is 156 Å². The average Bonchev–Trinajstić information content (AvgIpc) is 3.24. The second-order valence-electron chi connectivity index (χ2n) is 5.14. The summed E-state index contributed by atoms with van der Waals surface area (Å²) in [4.78, 5) is 0.519. The molecule has 0 aliphatic heterocycles. The average molecular weight is 445 g/mol. The van der Waals surface area contributed by atoms with Gasteiger partial charge in [0.05, 0.1) is 10.7 Å². The maximum Gasteiger partial charge on any atom is 0.573 e. The fraction of sp³-hybridized carbons (Fsp3) is 0.143. The number of aromatic amines is 1. The molecular weight excluding hydrogens is 437 g/mol. The molecule has 0 aliphatic rings. The van der Waals surface area contributed by atoms with Gasteiger partial charge in [0.15, 0.2) is 10.8 Å². The molecule has 12 heteroatoms. The molecular formula is C14H8BrF3N6OS. The van der Waals surface area contributed by atoms with Crippen LogP contribution in [0.2, 0.25) is 0 Å². The molecule has 3 heterocycles. The number of aromatic nitrogens is 6. The minimum atomic E-state index is -4.77. The molecule has 1 N–H and O–H groups in total. The predicted molar refractivity (Wildman–Crippen MR) is 89.9 cm³/mol. The van der Waals surface area contributed by atoms with Crippen molar-refractivity contribution < 1.29 is 17.9 Å². The van der Waals surface area contributed by atoms with Gasteiger partial charge in [-0.05, 0) is 22.0 Å². The maximum atomic E-state index is 12.6. The van der Waals surface area contributed by atoms with Crippen molar-refractivity contribution in [2.75, 3.05) is 0 Å². The Morgan fingerprint density at radius 2 is 2.04 bits per heavy atom. The molecule has 3 aromatic heterocycles. The summed E-state index contributed by atoms with van der Waals surface area (Å²) in [6.45, 7) is 0. The molecule has 0 aliphatic carbocycles. The van der Waals surface area contributed by atoms with E-state index >= 15 is 0 Å². The Balaban J connectivity index is 1.69. The number of para-hydroxylation sites is 1. The van der Waals surface area contributed by atoms with Gasteiger partial charge in [-0.1, -0.05) is 29.5 Å². The molecule has 0 saturated carbocycles. The van der Waals surface area contributed by atoms with Crippen LogP contribution >= 0.6 is 27.3 Å². The molecule has 0 atom stereocenters. The topological polar surface area (TPSA) is 81.0 Å². The van der Waals surface area contributed by atoms with E-state index < -0.39 is 6.36 Å². The Kier molecular flexibility index (Phi) is 4.15. The van der Waals surface area contributed by atoms with E-state index in [1.165, 1.54) is 28.0 Å². The Hall–Kier alpha value is -2.47. The van der Waals surface area contributed by atoms with Crippen molar-refractivity contribution in [1.82, 2.24) is 30.0 Å². The number of fused-ring (bicyclic) bond motifs is 1. The predicted octanol–water partition coefficient (Wildman–Crippen LogP) is 3.83. The summed E-state index contributed by atoms with van der Waals surface area (Å²) in [5.41, 5.74) is 1.02. The van der Waals surface area contributed by atoms with E-state index in [-0.39, 0.29) is 12.2 Å². The van der Waals surface area contributed by atoms with Gasteiger partial charge in [-0.25, -0.2) is 0 Å². The Morgan fingerprint density at radius 3 is 2.77 bits per heavy atom. The van der Waals surface area contributed by atoms with E-state index in [0.717, 1.165) is 4.47 Å². The molecule has 0 amide bonds. The van der Waals surface area contributed by atoms with E-state index in [2.05, 4.69) is 46.2 Å². The molecule has 1 aromatic carbocycles.